The van der Waals surface area contributed by atoms with Gasteiger partial charge in [0, 0.05) is 20.0 Å². The summed E-state index contributed by atoms with van der Waals surface area (Å²) in [6.07, 6.45) is 2.56. The van der Waals surface area contributed by atoms with E-state index in [-0.39, 0.29) is 37.0 Å². The van der Waals surface area contributed by atoms with Crippen molar-refractivity contribution < 1.29 is 23.5 Å². The van der Waals surface area contributed by atoms with Gasteiger partial charge in [0.2, 0.25) is 5.91 Å². The summed E-state index contributed by atoms with van der Waals surface area (Å²) in [4.78, 5) is 26.5. The van der Waals surface area contributed by atoms with Gasteiger partial charge in [-0.05, 0) is 37.5 Å². The summed E-state index contributed by atoms with van der Waals surface area (Å²) in [7, 11) is 0. The number of hydrogen-bond acceptors (Lipinski definition) is 5. The minimum absolute atomic E-state index is 0.166. The molecule has 0 saturated carbocycles. The first kappa shape index (κ1) is 18.0. The average Bonchev–Trinajstić information content (AvgIpc) is 3.00. The number of cyclic esters (lactones) is 1. The van der Waals surface area contributed by atoms with Gasteiger partial charge in [-0.3, -0.25) is 9.69 Å². The van der Waals surface area contributed by atoms with Crippen LogP contribution in [0, 0.1) is 5.82 Å². The van der Waals surface area contributed by atoms with Crippen molar-refractivity contribution in [1.82, 2.24) is 5.32 Å². The summed E-state index contributed by atoms with van der Waals surface area (Å²) in [5.74, 6) is -0.541. The first-order valence-electron chi connectivity index (χ1n) is 9.42. The molecular formula is C19H24FN3O4. The molecular weight excluding hydrogens is 353 g/mol. The number of halogens is 1. The standard InChI is InChI=1S/C19H24FN3O4/c1-12(24)21-8-16-11-23(19(25)27-16)13-5-6-18(17(20)7-13)22-9-14-3-2-4-15(10-22)26-14/h5-7,14-16H,2-4,8-11H2,1H3,(H,21,24). The molecule has 8 heteroatoms. The Labute approximate surface area is 157 Å². The molecule has 27 heavy (non-hydrogen) atoms. The molecule has 4 rings (SSSR count). The zero-order valence-corrected chi connectivity index (χ0v) is 15.3. The van der Waals surface area contributed by atoms with Crippen LogP contribution in [0.2, 0.25) is 0 Å². The Kier molecular flexibility index (Phi) is 4.90. The Balaban J connectivity index is 1.45. The number of rotatable bonds is 4. The minimum Gasteiger partial charge on any atom is -0.442 e. The van der Waals surface area contributed by atoms with E-state index in [0.29, 0.717) is 24.5 Å². The molecule has 1 N–H and O–H groups in total. The maximum absolute atomic E-state index is 14.8. The number of morpholine rings is 1. The number of amides is 2. The first-order chi connectivity index (χ1) is 13.0. The summed E-state index contributed by atoms with van der Waals surface area (Å²) in [6.45, 7) is 3.31. The van der Waals surface area contributed by atoms with Gasteiger partial charge in [0.25, 0.3) is 0 Å². The van der Waals surface area contributed by atoms with Crippen molar-refractivity contribution in [1.29, 1.82) is 0 Å². The molecule has 1 aromatic rings. The lowest BCUT2D eigenvalue weighted by Gasteiger charge is -2.42. The number of benzene rings is 1. The number of ether oxygens (including phenoxy) is 2. The monoisotopic (exact) mass is 377 g/mol. The highest BCUT2D eigenvalue weighted by Crippen LogP contribution is 2.32. The lowest BCUT2D eigenvalue weighted by atomic mass is 9.99. The van der Waals surface area contributed by atoms with Crippen LogP contribution in [0.4, 0.5) is 20.6 Å². The van der Waals surface area contributed by atoms with Gasteiger partial charge in [-0.2, -0.15) is 0 Å². The summed E-state index contributed by atoms with van der Waals surface area (Å²) >= 11 is 0. The Morgan fingerprint density at radius 1 is 1.26 bits per heavy atom. The van der Waals surface area contributed by atoms with Crippen molar-refractivity contribution in [3.05, 3.63) is 24.0 Å². The van der Waals surface area contributed by atoms with Gasteiger partial charge in [-0.1, -0.05) is 0 Å². The topological polar surface area (TPSA) is 71.1 Å². The van der Waals surface area contributed by atoms with Gasteiger partial charge in [-0.15, -0.1) is 0 Å². The van der Waals surface area contributed by atoms with Crippen LogP contribution < -0.4 is 15.1 Å². The third-order valence-electron chi connectivity index (χ3n) is 5.32. The number of fused-ring (bicyclic) bond motifs is 2. The summed E-state index contributed by atoms with van der Waals surface area (Å²) in [6, 6.07) is 4.84. The van der Waals surface area contributed by atoms with Gasteiger partial charge >= 0.3 is 6.09 Å². The van der Waals surface area contributed by atoms with Crippen LogP contribution in [0.3, 0.4) is 0 Å². The Hall–Kier alpha value is -2.35. The highest BCUT2D eigenvalue weighted by atomic mass is 19.1. The van der Waals surface area contributed by atoms with Crippen LogP contribution in [0.15, 0.2) is 18.2 Å². The minimum atomic E-state index is -0.529. The van der Waals surface area contributed by atoms with E-state index >= 15 is 0 Å². The molecule has 1 aromatic carbocycles. The maximum atomic E-state index is 14.8. The normalized spacial score (nSPS) is 27.5. The smallest absolute Gasteiger partial charge is 0.414 e. The van der Waals surface area contributed by atoms with E-state index in [1.807, 2.05) is 4.90 Å². The molecule has 0 spiro atoms. The van der Waals surface area contributed by atoms with Gasteiger partial charge in [-0.25, -0.2) is 9.18 Å². The lowest BCUT2D eigenvalue weighted by Crippen LogP contribution is -2.50. The van der Waals surface area contributed by atoms with Crippen molar-refractivity contribution in [3.8, 4) is 0 Å². The fraction of sp³-hybridized carbons (Fsp3) is 0.579. The molecule has 2 amide bonds. The predicted molar refractivity (Wildman–Crippen MR) is 97.4 cm³/mol. The SMILES string of the molecule is CC(=O)NCC1CN(c2ccc(N3CC4CCCC(C3)O4)c(F)c2)C(=O)O1. The molecule has 3 atom stereocenters. The third kappa shape index (κ3) is 3.85. The van der Waals surface area contributed by atoms with Gasteiger partial charge in [0.05, 0.1) is 36.7 Å². The fourth-order valence-corrected chi connectivity index (χ4v) is 4.03. The summed E-state index contributed by atoms with van der Waals surface area (Å²) in [5, 5.41) is 2.63. The predicted octanol–water partition coefficient (Wildman–Crippen LogP) is 2.04. The van der Waals surface area contributed by atoms with E-state index in [9.17, 15) is 14.0 Å². The van der Waals surface area contributed by atoms with Crippen molar-refractivity contribution in [2.24, 2.45) is 0 Å². The van der Waals surface area contributed by atoms with Crippen LogP contribution in [0.25, 0.3) is 0 Å². The summed E-state index contributed by atoms with van der Waals surface area (Å²) < 4.78 is 26.0. The maximum Gasteiger partial charge on any atom is 0.414 e. The number of hydrogen-bond donors (Lipinski definition) is 1. The quantitative estimate of drug-likeness (QED) is 0.870. The molecule has 3 unspecified atom stereocenters. The number of anilines is 2. The molecule has 2 bridgehead atoms. The number of carbonyl (C=O) groups excluding carboxylic acids is 2. The Bertz CT molecular complexity index is 732. The molecule has 3 aliphatic heterocycles. The van der Waals surface area contributed by atoms with E-state index in [2.05, 4.69) is 5.32 Å². The number of carbonyl (C=O) groups is 2. The highest BCUT2D eigenvalue weighted by Gasteiger charge is 2.34. The van der Waals surface area contributed by atoms with E-state index in [0.717, 1.165) is 12.8 Å². The second kappa shape index (κ2) is 7.34. The largest absolute Gasteiger partial charge is 0.442 e. The summed E-state index contributed by atoms with van der Waals surface area (Å²) in [5.41, 5.74) is 1.00. The second-order valence-corrected chi connectivity index (χ2v) is 7.41. The first-order valence-corrected chi connectivity index (χ1v) is 9.42. The van der Waals surface area contributed by atoms with E-state index in [4.69, 9.17) is 9.47 Å². The lowest BCUT2D eigenvalue weighted by molar-refractivity contribution is -0.119. The molecule has 7 nitrogen and oxygen atoms in total. The molecule has 0 radical (unpaired) electrons. The van der Waals surface area contributed by atoms with E-state index in [1.165, 1.54) is 24.3 Å². The van der Waals surface area contributed by atoms with Crippen LogP contribution in [0.5, 0.6) is 0 Å². The third-order valence-corrected chi connectivity index (χ3v) is 5.32. The number of nitrogens with zero attached hydrogens (tertiary/aromatic N) is 2. The van der Waals surface area contributed by atoms with E-state index < -0.39 is 12.2 Å². The van der Waals surface area contributed by atoms with Crippen LogP contribution >= 0.6 is 0 Å². The van der Waals surface area contributed by atoms with Crippen LogP contribution in [-0.4, -0.2) is 56.5 Å². The average molecular weight is 377 g/mol. The Morgan fingerprint density at radius 2 is 2.00 bits per heavy atom. The van der Waals surface area contributed by atoms with Crippen molar-refractivity contribution in [2.75, 3.05) is 36.0 Å². The van der Waals surface area contributed by atoms with Crippen molar-refractivity contribution in [3.63, 3.8) is 0 Å². The van der Waals surface area contributed by atoms with Gasteiger partial charge in [0.1, 0.15) is 11.9 Å². The van der Waals surface area contributed by atoms with Gasteiger partial charge < -0.3 is 19.7 Å². The second-order valence-electron chi connectivity index (χ2n) is 7.41. The van der Waals surface area contributed by atoms with Crippen molar-refractivity contribution >= 4 is 23.4 Å². The highest BCUT2D eigenvalue weighted by molar-refractivity contribution is 5.90. The molecule has 0 aromatic heterocycles. The molecule has 3 heterocycles. The number of nitrogens with one attached hydrogen (secondary N) is 1. The molecule has 0 aliphatic carbocycles. The zero-order valence-electron chi connectivity index (χ0n) is 15.3. The zero-order chi connectivity index (χ0) is 19.0. The van der Waals surface area contributed by atoms with Crippen molar-refractivity contribution in [2.45, 2.75) is 44.5 Å². The van der Waals surface area contributed by atoms with Crippen LogP contribution in [0.1, 0.15) is 26.2 Å². The van der Waals surface area contributed by atoms with Crippen LogP contribution in [-0.2, 0) is 14.3 Å². The molecule has 3 fully saturated rings. The fourth-order valence-electron chi connectivity index (χ4n) is 4.03. The molecule has 3 saturated heterocycles. The van der Waals surface area contributed by atoms with E-state index in [1.54, 1.807) is 12.1 Å². The Morgan fingerprint density at radius 3 is 2.67 bits per heavy atom. The van der Waals surface area contributed by atoms with Gasteiger partial charge in [0.15, 0.2) is 0 Å². The molecule has 146 valence electrons. The molecule has 3 aliphatic rings.